The highest BCUT2D eigenvalue weighted by Gasteiger charge is 2.15. The van der Waals surface area contributed by atoms with E-state index in [1.165, 1.54) is 6.33 Å². The van der Waals surface area contributed by atoms with Crippen molar-refractivity contribution in [3.8, 4) is 11.5 Å². The number of benzene rings is 3. The van der Waals surface area contributed by atoms with Crippen molar-refractivity contribution in [3.63, 3.8) is 0 Å². The smallest absolute Gasteiger partial charge is 0.255 e. The first kappa shape index (κ1) is 25.4. The number of carbonyl (C=O) groups is 1. The van der Waals surface area contributed by atoms with E-state index >= 15 is 0 Å². The van der Waals surface area contributed by atoms with Crippen LogP contribution in [0.1, 0.15) is 16.8 Å². The Morgan fingerprint density at radius 2 is 1.74 bits per heavy atom. The maximum absolute atomic E-state index is 12.4. The molecule has 1 aliphatic heterocycles. The van der Waals surface area contributed by atoms with Crippen molar-refractivity contribution >= 4 is 34.0 Å². The van der Waals surface area contributed by atoms with Gasteiger partial charge in [0.25, 0.3) is 5.91 Å². The van der Waals surface area contributed by atoms with Crippen LogP contribution < -0.4 is 25.0 Å². The number of quaternary nitrogens is 1. The lowest BCUT2D eigenvalue weighted by atomic mass is 10.2. The molecule has 9 heteroatoms. The van der Waals surface area contributed by atoms with Crippen molar-refractivity contribution in [2.45, 2.75) is 6.42 Å². The number of anilines is 3. The van der Waals surface area contributed by atoms with Crippen LogP contribution in [0.5, 0.6) is 11.5 Å². The second kappa shape index (κ2) is 12.4. The fourth-order valence-corrected chi connectivity index (χ4v) is 4.42. The lowest BCUT2D eigenvalue weighted by molar-refractivity contribution is -0.908. The van der Waals surface area contributed by atoms with Gasteiger partial charge in [-0.15, -0.1) is 0 Å². The van der Waals surface area contributed by atoms with Crippen LogP contribution in [0.25, 0.3) is 10.9 Å². The summed E-state index contributed by atoms with van der Waals surface area (Å²) in [6.07, 6.45) is 2.48. The lowest BCUT2D eigenvalue weighted by Gasteiger charge is -2.23. The van der Waals surface area contributed by atoms with Gasteiger partial charge in [0.15, 0.2) is 11.5 Å². The van der Waals surface area contributed by atoms with Gasteiger partial charge in [-0.1, -0.05) is 18.2 Å². The Morgan fingerprint density at radius 1 is 0.974 bits per heavy atom. The summed E-state index contributed by atoms with van der Waals surface area (Å²) in [6, 6.07) is 20.4. The Morgan fingerprint density at radius 3 is 2.50 bits per heavy atom. The van der Waals surface area contributed by atoms with Crippen LogP contribution in [0.2, 0.25) is 0 Å². The Bertz CT molecular complexity index is 1360. The number of fused-ring (bicyclic) bond motifs is 1. The van der Waals surface area contributed by atoms with Crippen molar-refractivity contribution in [1.29, 1.82) is 0 Å². The SMILES string of the molecule is COc1cc2c(Nc3ccc(NC(=O)c4ccccc4)cc3)ncnc2cc1OCCC[NH+]1CCOCC1. The van der Waals surface area contributed by atoms with Crippen LogP contribution in [0.15, 0.2) is 73.1 Å². The summed E-state index contributed by atoms with van der Waals surface area (Å²) in [7, 11) is 1.63. The Hall–Kier alpha value is -4.21. The summed E-state index contributed by atoms with van der Waals surface area (Å²) in [6.45, 7) is 5.44. The zero-order valence-corrected chi connectivity index (χ0v) is 21.4. The predicted molar refractivity (Wildman–Crippen MR) is 147 cm³/mol. The maximum atomic E-state index is 12.4. The highest BCUT2D eigenvalue weighted by atomic mass is 16.5. The molecule has 1 saturated heterocycles. The second-order valence-corrected chi connectivity index (χ2v) is 9.08. The number of hydrogen-bond acceptors (Lipinski definition) is 7. The van der Waals surface area contributed by atoms with Crippen LogP contribution >= 0.6 is 0 Å². The first-order chi connectivity index (χ1) is 18.7. The number of ether oxygens (including phenoxy) is 3. The average molecular weight is 515 g/mol. The minimum atomic E-state index is -0.152. The molecule has 2 heterocycles. The van der Waals surface area contributed by atoms with Crippen LogP contribution in [0.4, 0.5) is 17.2 Å². The van der Waals surface area contributed by atoms with Crippen molar-refractivity contribution in [2.75, 3.05) is 57.2 Å². The number of rotatable bonds is 10. The zero-order chi connectivity index (χ0) is 26.2. The van der Waals surface area contributed by atoms with Gasteiger partial charge in [-0.2, -0.15) is 0 Å². The molecule has 0 bridgehead atoms. The van der Waals surface area contributed by atoms with Crippen molar-refractivity contribution in [2.24, 2.45) is 0 Å². The molecule has 1 aliphatic rings. The number of nitrogens with zero attached hydrogens (tertiary/aromatic N) is 2. The number of nitrogens with one attached hydrogen (secondary N) is 3. The molecule has 0 saturated carbocycles. The molecule has 3 aromatic carbocycles. The van der Waals surface area contributed by atoms with Gasteiger partial charge in [-0.25, -0.2) is 9.97 Å². The molecule has 1 fully saturated rings. The molecular formula is C29H32N5O4+. The van der Waals surface area contributed by atoms with Gasteiger partial charge in [0.05, 0.1) is 39.0 Å². The molecule has 5 rings (SSSR count). The van der Waals surface area contributed by atoms with E-state index in [1.807, 2.05) is 54.6 Å². The Labute approximate surface area is 221 Å². The van der Waals surface area contributed by atoms with Gasteiger partial charge < -0.3 is 29.7 Å². The summed E-state index contributed by atoms with van der Waals surface area (Å²) in [5.74, 6) is 1.80. The fourth-order valence-electron chi connectivity index (χ4n) is 4.42. The van der Waals surface area contributed by atoms with E-state index in [2.05, 4.69) is 20.6 Å². The molecule has 0 atom stereocenters. The molecule has 1 amide bonds. The third-order valence-electron chi connectivity index (χ3n) is 6.49. The van der Waals surface area contributed by atoms with Crippen molar-refractivity contribution in [1.82, 2.24) is 9.97 Å². The fraction of sp³-hybridized carbons (Fsp3) is 0.276. The highest BCUT2D eigenvalue weighted by molar-refractivity contribution is 6.04. The number of carbonyl (C=O) groups excluding carboxylic acids is 1. The standard InChI is InChI=1S/C29H31N5O4/c1-36-26-18-24-25(19-27(26)38-15-5-12-34-13-16-37-17-14-34)30-20-31-28(24)32-22-8-10-23(11-9-22)33-29(35)21-6-3-2-4-7-21/h2-4,6-11,18-20H,5,12-17H2,1H3,(H,33,35)(H,30,31,32)/p+1. The number of hydrogen-bond donors (Lipinski definition) is 3. The first-order valence-corrected chi connectivity index (χ1v) is 12.8. The van der Waals surface area contributed by atoms with Gasteiger partial charge in [0.2, 0.25) is 0 Å². The second-order valence-electron chi connectivity index (χ2n) is 9.08. The molecule has 0 unspecified atom stereocenters. The summed E-state index contributed by atoms with van der Waals surface area (Å²) < 4.78 is 17.1. The normalized spacial score (nSPS) is 13.7. The maximum Gasteiger partial charge on any atom is 0.255 e. The minimum absolute atomic E-state index is 0.152. The zero-order valence-electron chi connectivity index (χ0n) is 21.4. The number of methoxy groups -OCH3 is 1. The molecular weight excluding hydrogens is 482 g/mol. The monoisotopic (exact) mass is 514 g/mol. The quantitative estimate of drug-likeness (QED) is 0.279. The minimum Gasteiger partial charge on any atom is -0.493 e. The van der Waals surface area contributed by atoms with Gasteiger partial charge >= 0.3 is 0 Å². The van der Waals surface area contributed by atoms with Crippen LogP contribution in [-0.2, 0) is 4.74 Å². The number of amides is 1. The van der Waals surface area contributed by atoms with E-state index in [4.69, 9.17) is 14.2 Å². The van der Waals surface area contributed by atoms with E-state index in [0.29, 0.717) is 35.2 Å². The molecule has 0 aliphatic carbocycles. The number of morpholine rings is 1. The van der Waals surface area contributed by atoms with E-state index in [0.717, 1.165) is 55.9 Å². The third kappa shape index (κ3) is 6.37. The van der Waals surface area contributed by atoms with Gasteiger partial charge in [0.1, 0.15) is 25.2 Å². The molecule has 0 radical (unpaired) electrons. The van der Waals surface area contributed by atoms with Crippen molar-refractivity contribution in [3.05, 3.63) is 78.6 Å². The summed E-state index contributed by atoms with van der Waals surface area (Å²) in [4.78, 5) is 22.9. The molecule has 3 N–H and O–H groups in total. The molecule has 196 valence electrons. The molecule has 1 aromatic heterocycles. The van der Waals surface area contributed by atoms with Crippen LogP contribution in [-0.4, -0.2) is 62.4 Å². The van der Waals surface area contributed by atoms with Gasteiger partial charge in [0, 0.05) is 34.8 Å². The lowest BCUT2D eigenvalue weighted by Crippen LogP contribution is -3.14. The molecule has 0 spiro atoms. The van der Waals surface area contributed by atoms with Crippen molar-refractivity contribution < 1.29 is 23.9 Å². The van der Waals surface area contributed by atoms with Crippen LogP contribution in [0, 0.1) is 0 Å². The van der Waals surface area contributed by atoms with E-state index in [9.17, 15) is 4.79 Å². The number of aromatic nitrogens is 2. The predicted octanol–water partition coefficient (Wildman–Crippen LogP) is 3.32. The Kier molecular flexibility index (Phi) is 8.27. The summed E-state index contributed by atoms with van der Waals surface area (Å²) >= 11 is 0. The third-order valence-corrected chi connectivity index (χ3v) is 6.49. The van der Waals surface area contributed by atoms with Crippen LogP contribution in [0.3, 0.4) is 0 Å². The van der Waals surface area contributed by atoms with E-state index < -0.39 is 0 Å². The van der Waals surface area contributed by atoms with E-state index in [1.54, 1.807) is 24.1 Å². The van der Waals surface area contributed by atoms with Gasteiger partial charge in [-0.3, -0.25) is 4.79 Å². The molecule has 4 aromatic rings. The largest absolute Gasteiger partial charge is 0.493 e. The molecule has 38 heavy (non-hydrogen) atoms. The summed E-state index contributed by atoms with van der Waals surface area (Å²) in [5, 5.41) is 7.07. The topological polar surface area (TPSA) is 99.0 Å². The Balaban J connectivity index is 1.24. The average Bonchev–Trinajstić information content (AvgIpc) is 2.97. The van der Waals surface area contributed by atoms with E-state index in [-0.39, 0.29) is 5.91 Å². The highest BCUT2D eigenvalue weighted by Crippen LogP contribution is 2.35. The molecule has 9 nitrogen and oxygen atoms in total. The van der Waals surface area contributed by atoms with Gasteiger partial charge in [-0.05, 0) is 42.5 Å². The first-order valence-electron chi connectivity index (χ1n) is 12.8. The summed E-state index contributed by atoms with van der Waals surface area (Å²) in [5.41, 5.74) is 2.89.